The number of nitrogens with one attached hydrogen (secondary N) is 1. The molecule has 1 saturated carbocycles. The van der Waals surface area contributed by atoms with Crippen LogP contribution in [0.2, 0.25) is 0 Å². The maximum absolute atomic E-state index is 5.36. The molecule has 1 unspecified atom stereocenters. The number of rotatable bonds is 7. The van der Waals surface area contributed by atoms with E-state index in [0.717, 1.165) is 23.7 Å². The molecule has 1 N–H and O–H groups in total. The topological polar surface area (TPSA) is 36.9 Å². The predicted octanol–water partition coefficient (Wildman–Crippen LogP) is 3.68. The molecule has 18 heavy (non-hydrogen) atoms. The van der Waals surface area contributed by atoms with E-state index < -0.39 is 0 Å². The summed E-state index contributed by atoms with van der Waals surface area (Å²) in [6.07, 6.45) is 6.02. The lowest BCUT2D eigenvalue weighted by molar-refractivity contribution is 0.562. The summed E-state index contributed by atoms with van der Waals surface area (Å²) < 4.78 is 2.99. The molecule has 0 aliphatic heterocycles. The number of hydrogen-bond donors (Lipinski definition) is 1. The maximum atomic E-state index is 5.36. The lowest BCUT2D eigenvalue weighted by atomic mass is 10.2. The molecule has 0 saturated heterocycles. The monoisotopic (exact) mass is 268 g/mol. The van der Waals surface area contributed by atoms with E-state index in [1.54, 1.807) is 0 Å². The minimum absolute atomic E-state index is 0.513. The average molecular weight is 268 g/mol. The number of unbranched alkanes of at least 4 members (excludes halogenated alkanes) is 1. The zero-order valence-corrected chi connectivity index (χ0v) is 12.5. The third-order valence-electron chi connectivity index (χ3n) is 3.73. The van der Waals surface area contributed by atoms with Crippen molar-refractivity contribution in [2.45, 2.75) is 65.0 Å². The van der Waals surface area contributed by atoms with Crippen LogP contribution in [-0.2, 0) is 0 Å². The second-order valence-electron chi connectivity index (χ2n) is 5.23. The number of nitrogens with zero attached hydrogens (tertiary/aromatic N) is 3. The fraction of sp³-hybridized carbons (Fsp3) is 0.846. The van der Waals surface area contributed by atoms with E-state index in [4.69, 9.17) is 12.2 Å². The molecule has 1 fully saturated rings. The van der Waals surface area contributed by atoms with E-state index in [2.05, 4.69) is 40.4 Å². The van der Waals surface area contributed by atoms with Crippen LogP contribution >= 0.6 is 12.2 Å². The molecule has 1 aliphatic carbocycles. The third-order valence-corrected chi connectivity index (χ3v) is 4.02. The number of hydrogen-bond acceptors (Lipinski definition) is 3. The van der Waals surface area contributed by atoms with Crippen LogP contribution in [-0.4, -0.2) is 27.4 Å². The van der Waals surface area contributed by atoms with Crippen LogP contribution < -0.4 is 4.90 Å². The highest BCUT2D eigenvalue weighted by atomic mass is 32.1. The summed E-state index contributed by atoms with van der Waals surface area (Å²) in [5.74, 6) is 1.05. The van der Waals surface area contributed by atoms with Crippen LogP contribution in [0.3, 0.4) is 0 Å². The lowest BCUT2D eigenvalue weighted by Crippen LogP contribution is -2.35. The van der Waals surface area contributed by atoms with Crippen molar-refractivity contribution in [2.24, 2.45) is 0 Å². The fourth-order valence-electron chi connectivity index (χ4n) is 2.23. The fourth-order valence-corrected chi connectivity index (χ4v) is 2.50. The van der Waals surface area contributed by atoms with Gasteiger partial charge in [-0.2, -0.15) is 0 Å². The van der Waals surface area contributed by atoms with E-state index in [0.29, 0.717) is 12.1 Å². The highest BCUT2D eigenvalue weighted by molar-refractivity contribution is 7.71. The van der Waals surface area contributed by atoms with Gasteiger partial charge in [-0.1, -0.05) is 20.3 Å². The Balaban J connectivity index is 2.26. The van der Waals surface area contributed by atoms with Gasteiger partial charge in [0.2, 0.25) is 5.95 Å². The van der Waals surface area contributed by atoms with Gasteiger partial charge in [0.15, 0.2) is 4.77 Å². The van der Waals surface area contributed by atoms with Crippen molar-refractivity contribution in [3.05, 3.63) is 4.77 Å². The second kappa shape index (κ2) is 5.87. The molecule has 2 rings (SSSR count). The average Bonchev–Trinajstić information content (AvgIpc) is 3.14. The summed E-state index contributed by atoms with van der Waals surface area (Å²) in [5, 5.41) is 7.44. The predicted molar refractivity (Wildman–Crippen MR) is 77.7 cm³/mol. The first-order chi connectivity index (χ1) is 8.69. The van der Waals surface area contributed by atoms with Crippen molar-refractivity contribution in [1.29, 1.82) is 0 Å². The van der Waals surface area contributed by atoms with Crippen LogP contribution in [0.15, 0.2) is 0 Å². The first kappa shape index (κ1) is 13.6. The van der Waals surface area contributed by atoms with Crippen molar-refractivity contribution in [3.63, 3.8) is 0 Å². The quantitative estimate of drug-likeness (QED) is 0.766. The van der Waals surface area contributed by atoms with E-state index in [1.807, 2.05) is 0 Å². The first-order valence-corrected chi connectivity index (χ1v) is 7.53. The van der Waals surface area contributed by atoms with Crippen molar-refractivity contribution in [1.82, 2.24) is 14.8 Å². The van der Waals surface area contributed by atoms with Gasteiger partial charge in [0, 0.05) is 18.6 Å². The Labute approximate surface area is 114 Å². The Kier molecular flexibility index (Phi) is 4.43. The van der Waals surface area contributed by atoms with Crippen LogP contribution in [0.25, 0.3) is 0 Å². The maximum Gasteiger partial charge on any atom is 0.226 e. The Morgan fingerprint density at radius 3 is 2.78 bits per heavy atom. The molecule has 1 heterocycles. The summed E-state index contributed by atoms with van der Waals surface area (Å²) in [7, 11) is 0. The van der Waals surface area contributed by atoms with E-state index in [-0.39, 0.29) is 0 Å². The zero-order chi connectivity index (χ0) is 13.1. The summed E-state index contributed by atoms with van der Waals surface area (Å²) in [4.78, 5) is 2.41. The van der Waals surface area contributed by atoms with E-state index in [1.165, 1.54) is 25.7 Å². The van der Waals surface area contributed by atoms with Gasteiger partial charge in [-0.25, -0.2) is 5.10 Å². The van der Waals surface area contributed by atoms with E-state index >= 15 is 0 Å². The highest BCUT2D eigenvalue weighted by Crippen LogP contribution is 2.38. The van der Waals surface area contributed by atoms with Crippen LogP contribution in [0.5, 0.6) is 0 Å². The molecule has 1 aromatic rings. The van der Waals surface area contributed by atoms with Gasteiger partial charge >= 0.3 is 0 Å². The van der Waals surface area contributed by atoms with Gasteiger partial charge in [-0.3, -0.25) is 4.57 Å². The van der Waals surface area contributed by atoms with Crippen molar-refractivity contribution >= 4 is 18.2 Å². The second-order valence-corrected chi connectivity index (χ2v) is 5.62. The minimum atomic E-state index is 0.513. The van der Waals surface area contributed by atoms with Gasteiger partial charge in [-0.15, -0.1) is 5.10 Å². The molecule has 0 aromatic carbocycles. The number of aromatic nitrogens is 3. The molecule has 0 bridgehead atoms. The molecule has 1 aliphatic rings. The molecule has 1 atom stereocenters. The zero-order valence-electron chi connectivity index (χ0n) is 11.6. The largest absolute Gasteiger partial charge is 0.338 e. The molecular weight excluding hydrogens is 244 g/mol. The molecule has 0 amide bonds. The smallest absolute Gasteiger partial charge is 0.226 e. The van der Waals surface area contributed by atoms with Gasteiger partial charge in [0.05, 0.1) is 0 Å². The minimum Gasteiger partial charge on any atom is -0.338 e. The highest BCUT2D eigenvalue weighted by Gasteiger charge is 2.30. The standard InChI is InChI=1S/C13H24N4S/c1-4-6-9-16(10(3)5-2)12-14-15-13(18)17(12)11-7-8-11/h10-11H,4-9H2,1-3H3,(H,15,18). The SMILES string of the molecule is CCCCN(c1n[nH]c(=S)n1C1CC1)C(C)CC. The van der Waals surface area contributed by atoms with Gasteiger partial charge in [0.25, 0.3) is 0 Å². The summed E-state index contributed by atoms with van der Waals surface area (Å²) in [6.45, 7) is 7.79. The number of aromatic amines is 1. The normalized spacial score (nSPS) is 16.8. The van der Waals surface area contributed by atoms with Crippen molar-refractivity contribution in [2.75, 3.05) is 11.4 Å². The molecule has 5 heteroatoms. The molecular formula is C13H24N4S. The van der Waals surface area contributed by atoms with E-state index in [9.17, 15) is 0 Å². The van der Waals surface area contributed by atoms with Crippen LogP contribution in [0.4, 0.5) is 5.95 Å². The Morgan fingerprint density at radius 1 is 1.50 bits per heavy atom. The summed E-state index contributed by atoms with van der Waals surface area (Å²) >= 11 is 5.36. The Bertz CT molecular complexity index is 432. The van der Waals surface area contributed by atoms with Crippen LogP contribution in [0, 0.1) is 4.77 Å². The Hall–Kier alpha value is -0.840. The number of anilines is 1. The Morgan fingerprint density at radius 2 is 2.22 bits per heavy atom. The number of H-pyrrole nitrogens is 1. The van der Waals surface area contributed by atoms with Gasteiger partial charge < -0.3 is 4.90 Å². The van der Waals surface area contributed by atoms with Gasteiger partial charge in [-0.05, 0) is 44.8 Å². The summed E-state index contributed by atoms with van der Waals surface area (Å²) in [6, 6.07) is 1.10. The van der Waals surface area contributed by atoms with Crippen LogP contribution in [0.1, 0.15) is 58.9 Å². The molecule has 4 nitrogen and oxygen atoms in total. The third kappa shape index (κ3) is 2.76. The molecule has 0 spiro atoms. The molecule has 102 valence electrons. The molecule has 1 aromatic heterocycles. The summed E-state index contributed by atoms with van der Waals surface area (Å²) in [5.41, 5.74) is 0. The molecule has 0 radical (unpaired) electrons. The first-order valence-electron chi connectivity index (χ1n) is 7.12. The van der Waals surface area contributed by atoms with Gasteiger partial charge in [0.1, 0.15) is 0 Å². The lowest BCUT2D eigenvalue weighted by Gasteiger charge is -2.29. The van der Waals surface area contributed by atoms with Crippen molar-refractivity contribution < 1.29 is 0 Å². The van der Waals surface area contributed by atoms with Crippen molar-refractivity contribution in [3.8, 4) is 0 Å².